The number of aromatic amines is 1. The van der Waals surface area contributed by atoms with Gasteiger partial charge >= 0.3 is 0 Å². The normalized spacial score (nSPS) is 11.4. The topological polar surface area (TPSA) is 101 Å². The average Bonchev–Trinajstić information content (AvgIpc) is 2.77. The van der Waals surface area contributed by atoms with Gasteiger partial charge in [-0.1, -0.05) is 0 Å². The van der Waals surface area contributed by atoms with E-state index in [1.54, 1.807) is 0 Å². The lowest BCUT2D eigenvalue weighted by molar-refractivity contribution is 0.597. The second kappa shape index (κ2) is 4.06. The fourth-order valence-corrected chi connectivity index (χ4v) is 2.17. The van der Waals surface area contributed by atoms with E-state index in [4.69, 9.17) is 5.73 Å². The highest BCUT2D eigenvalue weighted by atomic mass is 32.2. The van der Waals surface area contributed by atoms with Crippen LogP contribution in [-0.4, -0.2) is 18.6 Å². The van der Waals surface area contributed by atoms with Gasteiger partial charge in [0.05, 0.1) is 17.6 Å². The second-order valence-electron chi connectivity index (χ2n) is 3.26. The maximum Gasteiger partial charge on any atom is 0.278 e. The molecule has 1 heterocycles. The summed E-state index contributed by atoms with van der Waals surface area (Å²) >= 11 is 0. The van der Waals surface area contributed by atoms with Crippen molar-refractivity contribution in [1.29, 1.82) is 0 Å². The Morgan fingerprint density at radius 2 is 2.12 bits per heavy atom. The molecule has 0 atom stereocenters. The SMILES string of the molecule is Nc1cc(NS(=O)(=O)c2ccn[nH]2)ccc1F. The Morgan fingerprint density at radius 1 is 1.35 bits per heavy atom. The van der Waals surface area contributed by atoms with E-state index < -0.39 is 15.8 Å². The number of nitrogens with one attached hydrogen (secondary N) is 2. The molecule has 0 unspecified atom stereocenters. The minimum absolute atomic E-state index is 0.0830. The first-order chi connectivity index (χ1) is 7.99. The zero-order valence-corrected chi connectivity index (χ0v) is 9.33. The largest absolute Gasteiger partial charge is 0.396 e. The molecule has 0 fully saturated rings. The summed E-state index contributed by atoms with van der Waals surface area (Å²) in [7, 11) is -3.75. The smallest absolute Gasteiger partial charge is 0.278 e. The van der Waals surface area contributed by atoms with Gasteiger partial charge < -0.3 is 5.73 Å². The van der Waals surface area contributed by atoms with E-state index >= 15 is 0 Å². The maximum absolute atomic E-state index is 12.9. The molecule has 90 valence electrons. The van der Waals surface area contributed by atoms with Crippen molar-refractivity contribution < 1.29 is 12.8 Å². The Morgan fingerprint density at radius 3 is 2.71 bits per heavy atom. The molecule has 0 aliphatic heterocycles. The van der Waals surface area contributed by atoms with Gasteiger partial charge in [0.25, 0.3) is 10.0 Å². The number of nitrogens with zero attached hydrogens (tertiary/aromatic N) is 1. The quantitative estimate of drug-likeness (QED) is 0.711. The van der Waals surface area contributed by atoms with Crippen LogP contribution in [-0.2, 0) is 10.0 Å². The molecule has 4 N–H and O–H groups in total. The molecule has 0 saturated carbocycles. The van der Waals surface area contributed by atoms with Gasteiger partial charge in [-0.25, -0.2) is 4.39 Å². The number of nitrogens with two attached hydrogens (primary N) is 1. The van der Waals surface area contributed by atoms with Gasteiger partial charge in [-0.2, -0.15) is 13.5 Å². The number of rotatable bonds is 3. The second-order valence-corrected chi connectivity index (χ2v) is 4.91. The predicted octanol–water partition coefficient (Wildman–Crippen LogP) is 0.932. The van der Waals surface area contributed by atoms with Crippen LogP contribution in [0.1, 0.15) is 0 Å². The predicted molar refractivity (Wildman–Crippen MR) is 60.2 cm³/mol. The Balaban J connectivity index is 2.30. The van der Waals surface area contributed by atoms with Crippen molar-refractivity contribution in [3.8, 4) is 0 Å². The van der Waals surface area contributed by atoms with Crippen molar-refractivity contribution in [3.05, 3.63) is 36.3 Å². The summed E-state index contributed by atoms with van der Waals surface area (Å²) in [6.45, 7) is 0. The van der Waals surface area contributed by atoms with Crippen LogP contribution in [0.3, 0.4) is 0 Å². The van der Waals surface area contributed by atoms with Gasteiger partial charge in [0.2, 0.25) is 0 Å². The third-order valence-electron chi connectivity index (χ3n) is 2.01. The number of aromatic nitrogens is 2. The molecule has 1 aromatic carbocycles. The van der Waals surface area contributed by atoms with Crippen molar-refractivity contribution in [2.24, 2.45) is 0 Å². The first-order valence-electron chi connectivity index (χ1n) is 4.56. The lowest BCUT2D eigenvalue weighted by Crippen LogP contribution is -2.13. The number of hydrogen-bond acceptors (Lipinski definition) is 4. The Hall–Kier alpha value is -2.09. The molecule has 2 aromatic rings. The number of anilines is 2. The first kappa shape index (κ1) is 11.4. The fraction of sp³-hybridized carbons (Fsp3) is 0. The van der Waals surface area contributed by atoms with Crippen LogP contribution in [0.4, 0.5) is 15.8 Å². The van der Waals surface area contributed by atoms with Crippen LogP contribution in [0.15, 0.2) is 35.5 Å². The van der Waals surface area contributed by atoms with Crippen molar-refractivity contribution in [2.75, 3.05) is 10.5 Å². The van der Waals surface area contributed by atoms with Gasteiger partial charge in [-0.15, -0.1) is 0 Å². The van der Waals surface area contributed by atoms with E-state index in [1.807, 2.05) is 0 Å². The summed E-state index contributed by atoms with van der Waals surface area (Å²) in [6, 6.07) is 4.86. The summed E-state index contributed by atoms with van der Waals surface area (Å²) in [5.74, 6) is -0.602. The maximum atomic E-state index is 12.9. The number of halogens is 1. The number of H-pyrrole nitrogens is 1. The molecular formula is C9H9FN4O2S. The molecular weight excluding hydrogens is 247 g/mol. The van der Waals surface area contributed by atoms with Crippen molar-refractivity contribution in [3.63, 3.8) is 0 Å². The number of sulfonamides is 1. The summed E-state index contributed by atoms with van der Waals surface area (Å²) in [6.07, 6.45) is 1.31. The Bertz CT molecular complexity index is 624. The standard InChI is InChI=1S/C9H9FN4O2S/c10-7-2-1-6(5-8(7)11)14-17(15,16)9-3-4-12-13-9/h1-5,14H,11H2,(H,12,13). The summed E-state index contributed by atoms with van der Waals surface area (Å²) in [5, 5.41) is 5.77. The van der Waals surface area contributed by atoms with Gasteiger partial charge in [-0.05, 0) is 24.3 Å². The molecule has 0 aliphatic carbocycles. The highest BCUT2D eigenvalue weighted by Gasteiger charge is 2.15. The fourth-order valence-electron chi connectivity index (χ4n) is 1.21. The summed E-state index contributed by atoms with van der Waals surface area (Å²) in [5.41, 5.74) is 5.38. The van der Waals surface area contributed by atoms with E-state index in [1.165, 1.54) is 24.4 Å². The van der Waals surface area contributed by atoms with Crippen molar-refractivity contribution in [2.45, 2.75) is 5.03 Å². The third-order valence-corrected chi connectivity index (χ3v) is 3.32. The molecule has 0 bridgehead atoms. The molecule has 8 heteroatoms. The molecule has 0 saturated heterocycles. The van der Waals surface area contributed by atoms with Crippen LogP contribution in [0.25, 0.3) is 0 Å². The van der Waals surface area contributed by atoms with Crippen molar-refractivity contribution >= 4 is 21.4 Å². The van der Waals surface area contributed by atoms with Crippen LogP contribution >= 0.6 is 0 Å². The van der Waals surface area contributed by atoms with Crippen molar-refractivity contribution in [1.82, 2.24) is 10.2 Å². The Labute approximate surface area is 96.7 Å². The van der Waals surface area contributed by atoms with E-state index in [0.717, 1.165) is 6.07 Å². The molecule has 0 spiro atoms. The van der Waals surface area contributed by atoms with Crippen LogP contribution in [0.5, 0.6) is 0 Å². The molecule has 0 aliphatic rings. The van der Waals surface area contributed by atoms with Crippen LogP contribution in [0, 0.1) is 5.82 Å². The van der Waals surface area contributed by atoms with Gasteiger partial charge in [0.15, 0.2) is 5.03 Å². The van der Waals surface area contributed by atoms with Gasteiger partial charge in [-0.3, -0.25) is 9.82 Å². The summed E-state index contributed by atoms with van der Waals surface area (Å²) < 4.78 is 38.6. The van der Waals surface area contributed by atoms with Gasteiger partial charge in [0.1, 0.15) is 5.82 Å². The van der Waals surface area contributed by atoms with Crippen LogP contribution < -0.4 is 10.5 Å². The minimum Gasteiger partial charge on any atom is -0.396 e. The minimum atomic E-state index is -3.75. The molecule has 0 radical (unpaired) electrons. The highest BCUT2D eigenvalue weighted by molar-refractivity contribution is 7.92. The van der Waals surface area contributed by atoms with E-state index in [2.05, 4.69) is 14.9 Å². The van der Waals surface area contributed by atoms with E-state index in [9.17, 15) is 12.8 Å². The lowest BCUT2D eigenvalue weighted by Gasteiger charge is -2.06. The lowest BCUT2D eigenvalue weighted by atomic mass is 10.3. The highest BCUT2D eigenvalue weighted by Crippen LogP contribution is 2.19. The number of hydrogen-bond donors (Lipinski definition) is 3. The average molecular weight is 256 g/mol. The van der Waals surface area contributed by atoms with Crippen LogP contribution in [0.2, 0.25) is 0 Å². The zero-order chi connectivity index (χ0) is 12.5. The first-order valence-corrected chi connectivity index (χ1v) is 6.04. The number of benzene rings is 1. The van der Waals surface area contributed by atoms with E-state index in [0.29, 0.717) is 0 Å². The summed E-state index contributed by atoms with van der Waals surface area (Å²) in [4.78, 5) is 0. The molecule has 6 nitrogen and oxygen atoms in total. The number of nitrogen functional groups attached to an aromatic ring is 1. The monoisotopic (exact) mass is 256 g/mol. The molecule has 17 heavy (non-hydrogen) atoms. The van der Waals surface area contributed by atoms with Gasteiger partial charge in [0, 0.05) is 0 Å². The van der Waals surface area contributed by atoms with E-state index in [-0.39, 0.29) is 16.4 Å². The molecule has 0 amide bonds. The molecule has 2 rings (SSSR count). The zero-order valence-electron chi connectivity index (χ0n) is 8.51. The third kappa shape index (κ3) is 2.36. The Kier molecular flexibility index (Phi) is 2.72. The molecule has 1 aromatic heterocycles.